The third-order valence-electron chi connectivity index (χ3n) is 2.77. The van der Waals surface area contributed by atoms with E-state index in [1.165, 1.54) is 23.5 Å². The topological polar surface area (TPSA) is 85.1 Å². The Kier molecular flexibility index (Phi) is 3.80. The number of aromatic nitrogens is 1. The first-order valence-corrected chi connectivity index (χ1v) is 6.74. The lowest BCUT2D eigenvalue weighted by atomic mass is 10.1. The highest BCUT2D eigenvalue weighted by Gasteiger charge is 2.26. The van der Waals surface area contributed by atoms with Crippen LogP contribution in [-0.4, -0.2) is 16.2 Å². The summed E-state index contributed by atoms with van der Waals surface area (Å²) < 4.78 is 0. The van der Waals surface area contributed by atoms with Gasteiger partial charge in [-0.2, -0.15) is 0 Å². The van der Waals surface area contributed by atoms with Crippen molar-refractivity contribution in [2.24, 2.45) is 0 Å². The predicted octanol–water partition coefficient (Wildman–Crippen LogP) is 3.21. The summed E-state index contributed by atoms with van der Waals surface area (Å²) in [6.45, 7) is 3.78. The van der Waals surface area contributed by atoms with Gasteiger partial charge in [-0.25, -0.2) is 4.98 Å². The molecule has 0 spiro atoms. The average Bonchev–Trinajstić information content (AvgIpc) is 2.93. The Morgan fingerprint density at radius 3 is 2.75 bits per heavy atom. The minimum Gasteiger partial charge on any atom is -0.368 e. The van der Waals surface area contributed by atoms with E-state index in [-0.39, 0.29) is 11.3 Å². The van der Waals surface area contributed by atoms with Gasteiger partial charge in [0.1, 0.15) is 17.0 Å². The Morgan fingerprint density at radius 2 is 2.20 bits per heavy atom. The molecular weight excluding hydrogens is 278 g/mol. The fourth-order valence-electron chi connectivity index (χ4n) is 1.80. The van der Waals surface area contributed by atoms with Crippen molar-refractivity contribution in [1.29, 1.82) is 0 Å². The van der Waals surface area contributed by atoms with Crippen molar-refractivity contribution in [1.82, 2.24) is 4.98 Å². The molecule has 0 aliphatic rings. The summed E-state index contributed by atoms with van der Waals surface area (Å²) in [5.74, 6) is 0. The molecule has 0 fully saturated rings. The average molecular weight is 291 g/mol. The monoisotopic (exact) mass is 291 g/mol. The van der Waals surface area contributed by atoms with Gasteiger partial charge >= 0.3 is 0 Å². The maximum atomic E-state index is 11.1. The fraction of sp³-hybridized carbons (Fsp3) is 0.231. The maximum Gasteiger partial charge on any atom is 0.293 e. The second-order valence-electron chi connectivity index (χ2n) is 4.74. The highest BCUT2D eigenvalue weighted by Crippen LogP contribution is 2.32. The van der Waals surface area contributed by atoms with E-state index >= 15 is 0 Å². The highest BCUT2D eigenvalue weighted by atomic mass is 32.1. The first-order valence-electron chi connectivity index (χ1n) is 5.86. The molecule has 0 saturated heterocycles. The number of rotatable bonds is 5. The molecule has 104 valence electrons. The smallest absolute Gasteiger partial charge is 0.293 e. The van der Waals surface area contributed by atoms with Crippen LogP contribution in [0.3, 0.4) is 0 Å². The third-order valence-corrected chi connectivity index (χ3v) is 3.87. The van der Waals surface area contributed by atoms with E-state index in [9.17, 15) is 14.9 Å². The van der Waals surface area contributed by atoms with E-state index in [0.717, 1.165) is 5.01 Å². The molecule has 0 aliphatic heterocycles. The molecule has 0 radical (unpaired) electrons. The zero-order valence-corrected chi connectivity index (χ0v) is 11.8. The second kappa shape index (κ2) is 5.38. The van der Waals surface area contributed by atoms with Gasteiger partial charge in [0, 0.05) is 23.2 Å². The lowest BCUT2D eigenvalue weighted by molar-refractivity contribution is -0.384. The SMILES string of the molecule is CC(C)(Nc1ccc(C=O)cc1[N+](=O)[O-])c1nccs1. The van der Waals surface area contributed by atoms with E-state index in [1.54, 1.807) is 12.3 Å². The minimum absolute atomic E-state index is 0.126. The summed E-state index contributed by atoms with van der Waals surface area (Å²) in [7, 11) is 0. The number of nitro groups is 1. The summed E-state index contributed by atoms with van der Waals surface area (Å²) in [5.41, 5.74) is -0.0314. The normalized spacial score (nSPS) is 11.1. The van der Waals surface area contributed by atoms with Crippen LogP contribution in [-0.2, 0) is 5.54 Å². The van der Waals surface area contributed by atoms with E-state index in [2.05, 4.69) is 10.3 Å². The van der Waals surface area contributed by atoms with Gasteiger partial charge in [0.15, 0.2) is 0 Å². The molecular formula is C13H13N3O3S. The third kappa shape index (κ3) is 2.83. The number of thiazole rings is 1. The quantitative estimate of drug-likeness (QED) is 0.519. The van der Waals surface area contributed by atoms with Crippen molar-refractivity contribution in [3.8, 4) is 0 Å². The van der Waals surface area contributed by atoms with Gasteiger partial charge in [-0.3, -0.25) is 14.9 Å². The number of benzene rings is 1. The summed E-state index contributed by atoms with van der Waals surface area (Å²) in [6, 6.07) is 4.34. The molecule has 6 nitrogen and oxygen atoms in total. The van der Waals surface area contributed by atoms with Gasteiger partial charge in [-0.1, -0.05) is 0 Å². The van der Waals surface area contributed by atoms with Crippen LogP contribution in [0.25, 0.3) is 0 Å². The molecule has 1 aromatic carbocycles. The number of carbonyl (C=O) groups is 1. The number of anilines is 1. The fourth-order valence-corrected chi connectivity index (χ4v) is 2.52. The van der Waals surface area contributed by atoms with Crippen LogP contribution >= 0.6 is 11.3 Å². The van der Waals surface area contributed by atoms with Gasteiger partial charge in [0.05, 0.1) is 10.5 Å². The molecule has 7 heteroatoms. The molecule has 0 saturated carbocycles. The van der Waals surface area contributed by atoms with Gasteiger partial charge in [-0.05, 0) is 26.0 Å². The molecule has 20 heavy (non-hydrogen) atoms. The molecule has 0 aliphatic carbocycles. The zero-order chi connectivity index (χ0) is 14.8. The van der Waals surface area contributed by atoms with Crippen molar-refractivity contribution in [2.45, 2.75) is 19.4 Å². The van der Waals surface area contributed by atoms with Crippen molar-refractivity contribution in [2.75, 3.05) is 5.32 Å². The van der Waals surface area contributed by atoms with Crippen molar-refractivity contribution < 1.29 is 9.72 Å². The number of nitrogens with zero attached hydrogens (tertiary/aromatic N) is 2. The van der Waals surface area contributed by atoms with Gasteiger partial charge in [-0.15, -0.1) is 11.3 Å². The standard InChI is InChI=1S/C13H13N3O3S/c1-13(2,12-14-5-6-20-12)15-10-4-3-9(8-17)7-11(10)16(18)19/h3-8,15H,1-2H3. The van der Waals surface area contributed by atoms with Crippen LogP contribution in [0.5, 0.6) is 0 Å². The largest absolute Gasteiger partial charge is 0.368 e. The summed E-state index contributed by atoms with van der Waals surface area (Å²) >= 11 is 1.47. The minimum atomic E-state index is -0.540. The Hall–Kier alpha value is -2.28. The maximum absolute atomic E-state index is 11.1. The Bertz CT molecular complexity index is 638. The van der Waals surface area contributed by atoms with Crippen molar-refractivity contribution in [3.05, 3.63) is 50.5 Å². The second-order valence-corrected chi connectivity index (χ2v) is 5.63. The summed E-state index contributed by atoms with van der Waals surface area (Å²) in [6.07, 6.45) is 2.27. The molecule has 2 rings (SSSR count). The summed E-state index contributed by atoms with van der Waals surface area (Å²) in [5, 5.41) is 16.9. The number of nitrogens with one attached hydrogen (secondary N) is 1. The van der Waals surface area contributed by atoms with Crippen LogP contribution in [0.15, 0.2) is 29.8 Å². The molecule has 1 aromatic heterocycles. The lowest BCUT2D eigenvalue weighted by Gasteiger charge is -2.25. The Balaban J connectivity index is 2.38. The molecule has 0 bridgehead atoms. The molecule has 2 aromatic rings. The Labute approximate surface area is 119 Å². The van der Waals surface area contributed by atoms with E-state index < -0.39 is 10.5 Å². The molecule has 1 heterocycles. The van der Waals surface area contributed by atoms with E-state index in [1.807, 2.05) is 19.2 Å². The van der Waals surface area contributed by atoms with Gasteiger partial charge in [0.25, 0.3) is 5.69 Å². The zero-order valence-electron chi connectivity index (χ0n) is 11.0. The van der Waals surface area contributed by atoms with Crippen LogP contribution in [0.4, 0.5) is 11.4 Å². The van der Waals surface area contributed by atoms with Crippen LogP contribution < -0.4 is 5.32 Å². The highest BCUT2D eigenvalue weighted by molar-refractivity contribution is 7.09. The number of carbonyl (C=O) groups excluding carboxylic acids is 1. The molecule has 0 unspecified atom stereocenters. The predicted molar refractivity (Wildman–Crippen MR) is 77.2 cm³/mol. The molecule has 1 N–H and O–H groups in total. The van der Waals surface area contributed by atoms with Gasteiger partial charge in [0.2, 0.25) is 0 Å². The van der Waals surface area contributed by atoms with Crippen molar-refractivity contribution in [3.63, 3.8) is 0 Å². The van der Waals surface area contributed by atoms with Crippen LogP contribution in [0.2, 0.25) is 0 Å². The van der Waals surface area contributed by atoms with E-state index in [0.29, 0.717) is 12.0 Å². The number of nitro benzene ring substituents is 1. The summed E-state index contributed by atoms with van der Waals surface area (Å²) in [4.78, 5) is 25.5. The van der Waals surface area contributed by atoms with Crippen molar-refractivity contribution >= 4 is 29.0 Å². The Morgan fingerprint density at radius 1 is 1.45 bits per heavy atom. The number of aldehydes is 1. The first kappa shape index (κ1) is 14.1. The van der Waals surface area contributed by atoms with Crippen LogP contribution in [0, 0.1) is 10.1 Å². The lowest BCUT2D eigenvalue weighted by Crippen LogP contribution is -2.28. The number of hydrogen-bond acceptors (Lipinski definition) is 6. The van der Waals surface area contributed by atoms with Crippen LogP contribution in [0.1, 0.15) is 29.2 Å². The first-order chi connectivity index (χ1) is 9.44. The van der Waals surface area contributed by atoms with Gasteiger partial charge < -0.3 is 5.32 Å². The van der Waals surface area contributed by atoms with E-state index in [4.69, 9.17) is 0 Å². The molecule has 0 atom stereocenters. The molecule has 0 amide bonds. The number of hydrogen-bond donors (Lipinski definition) is 1.